The van der Waals surface area contributed by atoms with Crippen molar-refractivity contribution in [1.82, 2.24) is 4.90 Å². The van der Waals surface area contributed by atoms with Gasteiger partial charge in [-0.1, -0.05) is 17.7 Å². The van der Waals surface area contributed by atoms with Crippen molar-refractivity contribution in [2.45, 2.75) is 38.8 Å². The van der Waals surface area contributed by atoms with Crippen molar-refractivity contribution < 1.29 is 4.39 Å². The molecule has 2 rings (SSSR count). The minimum atomic E-state index is -0.287. The maximum absolute atomic E-state index is 13.2. The fraction of sp³-hybridized carbons (Fsp3) is 0.600. The smallest absolute Gasteiger partial charge is 0.124 e. The average molecular weight is 285 g/mol. The van der Waals surface area contributed by atoms with E-state index < -0.39 is 0 Å². The number of nitrogens with two attached hydrogens (primary N) is 1. The Balaban J connectivity index is 2.39. The summed E-state index contributed by atoms with van der Waals surface area (Å²) in [5.74, 6) is 0.101. The van der Waals surface area contributed by atoms with Crippen LogP contribution in [-0.2, 0) is 0 Å². The van der Waals surface area contributed by atoms with E-state index in [4.69, 9.17) is 17.3 Å². The first-order valence-corrected chi connectivity index (χ1v) is 7.33. The van der Waals surface area contributed by atoms with Crippen molar-refractivity contribution in [3.05, 3.63) is 34.6 Å². The van der Waals surface area contributed by atoms with Gasteiger partial charge in [-0.05, 0) is 63.4 Å². The first-order valence-electron chi connectivity index (χ1n) is 6.95. The van der Waals surface area contributed by atoms with Gasteiger partial charge in [-0.25, -0.2) is 4.39 Å². The van der Waals surface area contributed by atoms with Crippen molar-refractivity contribution in [2.75, 3.05) is 13.1 Å². The zero-order chi connectivity index (χ0) is 14.0. The van der Waals surface area contributed by atoms with E-state index >= 15 is 0 Å². The molecule has 2 nitrogen and oxygen atoms in total. The number of likely N-dealkylation sites (tertiary alicyclic amines) is 1. The van der Waals surface area contributed by atoms with Crippen LogP contribution in [0.1, 0.15) is 38.3 Å². The van der Waals surface area contributed by atoms with Crippen LogP contribution in [0.3, 0.4) is 0 Å². The second-order valence-corrected chi connectivity index (χ2v) is 5.99. The Morgan fingerprint density at radius 3 is 2.79 bits per heavy atom. The van der Waals surface area contributed by atoms with Crippen LogP contribution in [-0.4, -0.2) is 24.0 Å². The van der Waals surface area contributed by atoms with Gasteiger partial charge in [0.25, 0.3) is 0 Å². The third kappa shape index (κ3) is 3.10. The Morgan fingerprint density at radius 1 is 1.47 bits per heavy atom. The van der Waals surface area contributed by atoms with E-state index in [1.807, 2.05) is 6.07 Å². The Labute approximate surface area is 119 Å². The summed E-state index contributed by atoms with van der Waals surface area (Å²) >= 11 is 6.25. The van der Waals surface area contributed by atoms with E-state index in [1.54, 1.807) is 0 Å². The summed E-state index contributed by atoms with van der Waals surface area (Å²) in [5, 5.41) is 0.510. The minimum Gasteiger partial charge on any atom is -0.330 e. The Kier molecular flexibility index (Phi) is 4.82. The summed E-state index contributed by atoms with van der Waals surface area (Å²) in [6.07, 6.45) is 2.27. The lowest BCUT2D eigenvalue weighted by molar-refractivity contribution is 0.0665. The van der Waals surface area contributed by atoms with Gasteiger partial charge in [0.05, 0.1) is 0 Å². The predicted octanol–water partition coefficient (Wildman–Crippen LogP) is 3.60. The molecule has 0 bridgehead atoms. The molecule has 106 valence electrons. The molecular weight excluding hydrogens is 263 g/mol. The molecule has 1 heterocycles. The summed E-state index contributed by atoms with van der Waals surface area (Å²) in [4.78, 5) is 2.43. The van der Waals surface area contributed by atoms with Crippen molar-refractivity contribution in [1.29, 1.82) is 0 Å². The average Bonchev–Trinajstić information content (AvgIpc) is 2.38. The minimum absolute atomic E-state index is 0.201. The normalized spacial score (nSPS) is 24.9. The topological polar surface area (TPSA) is 29.3 Å². The molecule has 2 unspecified atom stereocenters. The molecule has 2 atom stereocenters. The van der Waals surface area contributed by atoms with Gasteiger partial charge in [-0.15, -0.1) is 0 Å². The van der Waals surface area contributed by atoms with Crippen LogP contribution in [0.15, 0.2) is 18.2 Å². The number of nitrogens with zero attached hydrogens (tertiary/aromatic N) is 1. The molecule has 0 saturated carbocycles. The van der Waals surface area contributed by atoms with Crippen molar-refractivity contribution in [3.63, 3.8) is 0 Å². The second kappa shape index (κ2) is 6.21. The van der Waals surface area contributed by atoms with Gasteiger partial charge in [0.1, 0.15) is 5.82 Å². The first-order chi connectivity index (χ1) is 9.04. The first kappa shape index (κ1) is 14.8. The Hall–Kier alpha value is -0.640. The van der Waals surface area contributed by atoms with Crippen LogP contribution < -0.4 is 5.73 Å². The summed E-state index contributed by atoms with van der Waals surface area (Å²) < 4.78 is 13.2. The zero-order valence-electron chi connectivity index (χ0n) is 11.6. The second-order valence-electron chi connectivity index (χ2n) is 5.58. The molecule has 0 aromatic heterocycles. The number of hydrogen-bond acceptors (Lipinski definition) is 2. The summed E-state index contributed by atoms with van der Waals surface area (Å²) in [6, 6.07) is 5.33. The highest BCUT2D eigenvalue weighted by Gasteiger charge is 2.34. The summed E-state index contributed by atoms with van der Waals surface area (Å²) in [6.45, 7) is 6.06. The molecule has 1 aliphatic rings. The third-order valence-electron chi connectivity index (χ3n) is 4.04. The number of halogens is 2. The largest absolute Gasteiger partial charge is 0.330 e. The molecule has 0 amide bonds. The highest BCUT2D eigenvalue weighted by molar-refractivity contribution is 6.31. The van der Waals surface area contributed by atoms with Gasteiger partial charge in [-0.2, -0.15) is 0 Å². The number of hydrogen-bond donors (Lipinski definition) is 1. The molecular formula is C15H22ClFN2. The van der Waals surface area contributed by atoms with E-state index in [0.29, 0.717) is 23.5 Å². The monoisotopic (exact) mass is 284 g/mol. The third-order valence-corrected chi connectivity index (χ3v) is 4.37. The van der Waals surface area contributed by atoms with E-state index in [1.165, 1.54) is 12.1 Å². The molecule has 0 radical (unpaired) electrons. The SMILES string of the molecule is CC(C)N1CCCC(CN)C1c1ccc(F)cc1Cl. The lowest BCUT2D eigenvalue weighted by Crippen LogP contribution is -2.45. The standard InChI is InChI=1S/C15H22ClFN2/c1-10(2)19-7-3-4-11(9-18)15(19)13-6-5-12(17)8-14(13)16/h5-6,8,10-11,15H,3-4,7,9,18H2,1-2H3. The van der Waals surface area contributed by atoms with E-state index in [9.17, 15) is 4.39 Å². The number of piperidine rings is 1. The fourth-order valence-electron chi connectivity index (χ4n) is 3.10. The fourth-order valence-corrected chi connectivity index (χ4v) is 3.38. The lowest BCUT2D eigenvalue weighted by atomic mass is 9.84. The van der Waals surface area contributed by atoms with Crippen molar-refractivity contribution in [3.8, 4) is 0 Å². The molecule has 19 heavy (non-hydrogen) atoms. The van der Waals surface area contributed by atoms with Crippen molar-refractivity contribution >= 4 is 11.6 Å². The van der Waals surface area contributed by atoms with Crippen LogP contribution in [0.25, 0.3) is 0 Å². The molecule has 4 heteroatoms. The summed E-state index contributed by atoms with van der Waals surface area (Å²) in [5.41, 5.74) is 6.94. The van der Waals surface area contributed by atoms with E-state index in [0.717, 1.165) is 24.9 Å². The number of benzene rings is 1. The maximum atomic E-state index is 13.2. The van der Waals surface area contributed by atoms with Crippen LogP contribution in [0.4, 0.5) is 4.39 Å². The van der Waals surface area contributed by atoms with Gasteiger partial charge >= 0.3 is 0 Å². The highest BCUT2D eigenvalue weighted by atomic mass is 35.5. The van der Waals surface area contributed by atoms with E-state index in [-0.39, 0.29) is 11.9 Å². The maximum Gasteiger partial charge on any atom is 0.124 e. The molecule has 0 spiro atoms. The molecule has 1 fully saturated rings. The molecule has 1 aromatic rings. The zero-order valence-corrected chi connectivity index (χ0v) is 12.3. The van der Waals surface area contributed by atoms with Gasteiger partial charge in [0, 0.05) is 17.1 Å². The highest BCUT2D eigenvalue weighted by Crippen LogP contribution is 2.39. The Bertz CT molecular complexity index is 436. The van der Waals surface area contributed by atoms with Crippen molar-refractivity contribution in [2.24, 2.45) is 11.7 Å². The van der Waals surface area contributed by atoms with Crippen LogP contribution >= 0.6 is 11.6 Å². The molecule has 1 saturated heterocycles. The predicted molar refractivity (Wildman–Crippen MR) is 77.8 cm³/mol. The van der Waals surface area contributed by atoms with Gasteiger partial charge in [0.2, 0.25) is 0 Å². The van der Waals surface area contributed by atoms with Crippen LogP contribution in [0.2, 0.25) is 5.02 Å². The number of rotatable bonds is 3. The van der Waals surface area contributed by atoms with Crippen LogP contribution in [0, 0.1) is 11.7 Å². The van der Waals surface area contributed by atoms with Crippen LogP contribution in [0.5, 0.6) is 0 Å². The summed E-state index contributed by atoms with van der Waals surface area (Å²) in [7, 11) is 0. The lowest BCUT2D eigenvalue weighted by Gasteiger charge is -2.44. The van der Waals surface area contributed by atoms with Gasteiger partial charge < -0.3 is 5.73 Å². The van der Waals surface area contributed by atoms with Gasteiger partial charge in [0.15, 0.2) is 0 Å². The quantitative estimate of drug-likeness (QED) is 0.919. The molecule has 0 aliphatic carbocycles. The Morgan fingerprint density at radius 2 is 2.21 bits per heavy atom. The van der Waals surface area contributed by atoms with E-state index in [2.05, 4.69) is 18.7 Å². The van der Waals surface area contributed by atoms with Gasteiger partial charge in [-0.3, -0.25) is 4.90 Å². The molecule has 2 N–H and O–H groups in total. The molecule has 1 aromatic carbocycles. The molecule has 1 aliphatic heterocycles.